The molecule has 0 amide bonds. The number of benzene rings is 3. The van der Waals surface area contributed by atoms with Crippen LogP contribution in [0.5, 0.6) is 0 Å². The van der Waals surface area contributed by atoms with Crippen LogP contribution in [0.4, 0.5) is 10.2 Å². The summed E-state index contributed by atoms with van der Waals surface area (Å²) < 4.78 is 41.9. The van der Waals surface area contributed by atoms with Crippen molar-refractivity contribution in [3.05, 3.63) is 83.6 Å². The van der Waals surface area contributed by atoms with Gasteiger partial charge >= 0.3 is 0 Å². The maximum absolute atomic E-state index is 13.5. The van der Waals surface area contributed by atoms with E-state index in [0.717, 1.165) is 12.1 Å². The molecule has 31 heavy (non-hydrogen) atoms. The fourth-order valence-electron chi connectivity index (χ4n) is 3.48. The van der Waals surface area contributed by atoms with Gasteiger partial charge in [0.2, 0.25) is 9.84 Å². The summed E-state index contributed by atoms with van der Waals surface area (Å²) in [6.07, 6.45) is 0. The maximum Gasteiger partial charge on any atom is 0.212 e. The zero-order chi connectivity index (χ0) is 21.8. The van der Waals surface area contributed by atoms with E-state index in [0.29, 0.717) is 27.4 Å². The third kappa shape index (κ3) is 3.11. The molecule has 2 aromatic heterocycles. The van der Waals surface area contributed by atoms with Crippen LogP contribution in [0.1, 0.15) is 0 Å². The molecule has 5 rings (SSSR count). The molecule has 0 saturated carbocycles. The Morgan fingerprint density at radius 3 is 2.13 bits per heavy atom. The molecule has 2 N–H and O–H groups in total. The van der Waals surface area contributed by atoms with Crippen molar-refractivity contribution in [2.75, 3.05) is 5.73 Å². The molecule has 0 unspecified atom stereocenters. The minimum absolute atomic E-state index is 0.0445. The molecule has 9 heteroatoms. The Bertz CT molecular complexity index is 1560. The van der Waals surface area contributed by atoms with Crippen molar-refractivity contribution < 1.29 is 12.8 Å². The predicted molar refractivity (Wildman–Crippen MR) is 118 cm³/mol. The number of sulfone groups is 1. The molecule has 0 fully saturated rings. The zero-order valence-corrected chi connectivity index (χ0v) is 17.4. The van der Waals surface area contributed by atoms with Gasteiger partial charge in [-0.15, -0.1) is 0 Å². The van der Waals surface area contributed by atoms with Crippen LogP contribution in [-0.2, 0) is 9.84 Å². The number of hydrogen-bond acceptors (Lipinski definition) is 5. The second-order valence-corrected chi connectivity index (χ2v) is 9.19. The summed E-state index contributed by atoms with van der Waals surface area (Å²) in [5, 5.41) is 0.523. The van der Waals surface area contributed by atoms with Gasteiger partial charge in [-0.3, -0.25) is 4.57 Å². The first-order valence-corrected chi connectivity index (χ1v) is 11.1. The molecule has 0 spiro atoms. The monoisotopic (exact) mass is 452 g/mol. The van der Waals surface area contributed by atoms with Crippen LogP contribution in [0.2, 0.25) is 5.02 Å². The molecular weight excluding hydrogens is 439 g/mol. The molecule has 154 valence electrons. The van der Waals surface area contributed by atoms with Gasteiger partial charge in [-0.25, -0.2) is 22.8 Å². The van der Waals surface area contributed by atoms with E-state index in [2.05, 4.69) is 9.97 Å². The highest BCUT2D eigenvalue weighted by molar-refractivity contribution is 7.92. The number of fused-ring (bicyclic) bond motifs is 2. The number of rotatable bonds is 3. The first-order chi connectivity index (χ1) is 14.9. The third-order valence-electron chi connectivity index (χ3n) is 4.93. The Labute approximate surface area is 181 Å². The lowest BCUT2D eigenvalue weighted by molar-refractivity contribution is 0.595. The molecular formula is C22H14ClFN4O2S. The summed E-state index contributed by atoms with van der Waals surface area (Å²) in [6.45, 7) is 0. The minimum atomic E-state index is -4.12. The molecule has 6 nitrogen and oxygen atoms in total. The first-order valence-electron chi connectivity index (χ1n) is 9.19. The van der Waals surface area contributed by atoms with Crippen LogP contribution in [0.15, 0.2) is 82.6 Å². The van der Waals surface area contributed by atoms with Gasteiger partial charge in [0, 0.05) is 10.7 Å². The Morgan fingerprint density at radius 2 is 1.48 bits per heavy atom. The van der Waals surface area contributed by atoms with Gasteiger partial charge < -0.3 is 5.73 Å². The predicted octanol–water partition coefficient (Wildman–Crippen LogP) is 4.78. The molecule has 0 aliphatic carbocycles. The molecule has 0 aliphatic heterocycles. The lowest BCUT2D eigenvalue weighted by Gasteiger charge is -2.08. The van der Waals surface area contributed by atoms with E-state index in [-0.39, 0.29) is 21.1 Å². The number of halogens is 2. The van der Waals surface area contributed by atoms with E-state index >= 15 is 0 Å². The van der Waals surface area contributed by atoms with E-state index in [9.17, 15) is 12.8 Å². The molecule has 2 heterocycles. The van der Waals surface area contributed by atoms with E-state index in [1.54, 1.807) is 42.5 Å². The summed E-state index contributed by atoms with van der Waals surface area (Å²) >= 11 is 6.01. The molecule has 0 bridgehead atoms. The second-order valence-electron chi connectivity index (χ2n) is 6.87. The number of aromatic nitrogens is 3. The molecule has 0 atom stereocenters. The van der Waals surface area contributed by atoms with Crippen LogP contribution in [-0.4, -0.2) is 23.0 Å². The van der Waals surface area contributed by atoms with Gasteiger partial charge in [0.15, 0.2) is 5.65 Å². The summed E-state index contributed by atoms with van der Waals surface area (Å²) in [7, 11) is -4.12. The van der Waals surface area contributed by atoms with Gasteiger partial charge in [0.1, 0.15) is 22.0 Å². The van der Waals surface area contributed by atoms with Crippen LogP contribution >= 0.6 is 11.6 Å². The summed E-state index contributed by atoms with van der Waals surface area (Å²) in [6, 6.07) is 18.5. The van der Waals surface area contributed by atoms with Gasteiger partial charge in [-0.1, -0.05) is 23.7 Å². The van der Waals surface area contributed by atoms with Crippen LogP contribution in [0.3, 0.4) is 0 Å². The summed E-state index contributed by atoms with van der Waals surface area (Å²) in [5.41, 5.74) is 8.52. The van der Waals surface area contributed by atoms with Gasteiger partial charge in [-0.2, -0.15) is 0 Å². The van der Waals surface area contributed by atoms with Gasteiger partial charge in [0.25, 0.3) is 0 Å². The molecule has 3 aromatic carbocycles. The maximum atomic E-state index is 13.5. The van der Waals surface area contributed by atoms with Crippen LogP contribution in [0.25, 0.3) is 27.9 Å². The van der Waals surface area contributed by atoms with Crippen molar-refractivity contribution in [1.29, 1.82) is 0 Å². The van der Waals surface area contributed by atoms with Crippen molar-refractivity contribution in [2.45, 2.75) is 9.79 Å². The van der Waals surface area contributed by atoms with E-state index < -0.39 is 15.7 Å². The number of hydrogen-bond donors (Lipinski definition) is 1. The van der Waals surface area contributed by atoms with Crippen molar-refractivity contribution in [2.24, 2.45) is 0 Å². The number of nitrogens with two attached hydrogens (primary N) is 1. The standard InChI is InChI=1S/C22H14ClFN4O2S/c23-13-5-9-15(10-6-13)28-21(25)20(31(29,30)16-11-7-14(24)8-12-16)19-22(28)27-18-4-2-1-3-17(18)26-19/h1-12H,25H2. The minimum Gasteiger partial charge on any atom is -0.384 e. The average Bonchev–Trinajstić information content (AvgIpc) is 3.04. The highest BCUT2D eigenvalue weighted by Crippen LogP contribution is 2.37. The van der Waals surface area contributed by atoms with Crippen molar-refractivity contribution in [1.82, 2.24) is 14.5 Å². The number of para-hydroxylation sites is 2. The first kappa shape index (κ1) is 19.5. The number of nitrogens with zero attached hydrogens (tertiary/aromatic N) is 3. The Hall–Kier alpha value is -3.49. The Kier molecular flexibility index (Phi) is 4.42. The topological polar surface area (TPSA) is 90.9 Å². The number of anilines is 1. The molecule has 0 saturated heterocycles. The van der Waals surface area contributed by atoms with Crippen LogP contribution < -0.4 is 5.73 Å². The fraction of sp³-hybridized carbons (Fsp3) is 0. The Balaban J connectivity index is 1.90. The van der Waals surface area contributed by atoms with E-state index in [4.69, 9.17) is 17.3 Å². The normalized spacial score (nSPS) is 11.9. The number of nitrogen functional groups attached to an aromatic ring is 1. The van der Waals surface area contributed by atoms with Crippen molar-refractivity contribution in [3.63, 3.8) is 0 Å². The Morgan fingerprint density at radius 1 is 0.871 bits per heavy atom. The summed E-state index contributed by atoms with van der Waals surface area (Å²) in [4.78, 5) is 8.94. The molecule has 0 radical (unpaired) electrons. The molecule has 0 aliphatic rings. The van der Waals surface area contributed by atoms with Crippen molar-refractivity contribution >= 4 is 49.5 Å². The molecule has 5 aromatic rings. The smallest absolute Gasteiger partial charge is 0.212 e. The SMILES string of the molecule is Nc1c(S(=O)(=O)c2ccc(F)cc2)c2nc3ccccc3nc2n1-c1ccc(Cl)cc1. The summed E-state index contributed by atoms with van der Waals surface area (Å²) in [5.74, 6) is -0.585. The fourth-order valence-corrected chi connectivity index (χ4v) is 5.10. The van der Waals surface area contributed by atoms with Gasteiger partial charge in [-0.05, 0) is 60.7 Å². The highest BCUT2D eigenvalue weighted by Gasteiger charge is 2.30. The zero-order valence-electron chi connectivity index (χ0n) is 15.8. The lowest BCUT2D eigenvalue weighted by atomic mass is 10.3. The van der Waals surface area contributed by atoms with Crippen molar-refractivity contribution in [3.8, 4) is 5.69 Å². The largest absolute Gasteiger partial charge is 0.384 e. The van der Waals surface area contributed by atoms with E-state index in [1.807, 2.05) is 6.07 Å². The third-order valence-corrected chi connectivity index (χ3v) is 7.01. The van der Waals surface area contributed by atoms with Crippen LogP contribution in [0, 0.1) is 5.82 Å². The quantitative estimate of drug-likeness (QED) is 0.398. The second kappa shape index (κ2) is 7.04. The average molecular weight is 453 g/mol. The lowest BCUT2D eigenvalue weighted by Crippen LogP contribution is -2.07. The highest BCUT2D eigenvalue weighted by atomic mass is 35.5. The van der Waals surface area contributed by atoms with E-state index in [1.165, 1.54) is 16.7 Å². The van der Waals surface area contributed by atoms with Gasteiger partial charge in [0.05, 0.1) is 15.9 Å².